The molecule has 0 N–H and O–H groups in total. The number of hydrogen-bond acceptors (Lipinski definition) is 6. The Morgan fingerprint density at radius 3 is 2.65 bits per heavy atom. The van der Waals surface area contributed by atoms with Crippen LogP contribution in [-0.2, 0) is 11.4 Å². The highest BCUT2D eigenvalue weighted by Gasteiger charge is 2.11. The van der Waals surface area contributed by atoms with Crippen LogP contribution in [-0.4, -0.2) is 24.4 Å². The molecule has 0 saturated heterocycles. The number of rotatable bonds is 9. The number of nitro groups is 1. The predicted molar refractivity (Wildman–Crippen MR) is 107 cm³/mol. The van der Waals surface area contributed by atoms with E-state index in [9.17, 15) is 10.1 Å². The minimum atomic E-state index is -0.441. The maximum atomic E-state index is 10.8. The lowest BCUT2D eigenvalue weighted by atomic mass is 10.2. The summed E-state index contributed by atoms with van der Waals surface area (Å²) in [7, 11) is 0. The van der Waals surface area contributed by atoms with E-state index in [4.69, 9.17) is 14.3 Å². The number of nitro benzene ring substituents is 1. The van der Waals surface area contributed by atoms with Gasteiger partial charge in [-0.25, -0.2) is 0 Å². The van der Waals surface area contributed by atoms with E-state index in [1.165, 1.54) is 12.1 Å². The Balaban J connectivity index is 2.06. The van der Waals surface area contributed by atoms with Gasteiger partial charge >= 0.3 is 0 Å². The molecule has 0 aliphatic rings. The molecule has 2 aromatic rings. The van der Waals surface area contributed by atoms with Crippen molar-refractivity contribution in [2.75, 3.05) is 13.2 Å². The molecule has 2 rings (SSSR count). The van der Waals surface area contributed by atoms with Gasteiger partial charge in [-0.05, 0) is 54.1 Å². The minimum Gasteiger partial charge on any atom is -0.490 e. The van der Waals surface area contributed by atoms with Crippen LogP contribution in [0.2, 0.25) is 0 Å². The first-order valence-corrected chi connectivity index (χ1v) is 9.10. The molecule has 0 aliphatic carbocycles. The van der Waals surface area contributed by atoms with Gasteiger partial charge in [0.05, 0.1) is 27.9 Å². The lowest BCUT2D eigenvalue weighted by Crippen LogP contribution is -2.01. The number of non-ortho nitro benzene ring substituents is 1. The molecule has 0 heterocycles. The SMILES string of the molecule is CCOc1cc(/C=N\OCc2cccc([N+](=O)[O-])c2)cc(I)c1OCC. The first-order chi connectivity index (χ1) is 12.5. The van der Waals surface area contributed by atoms with Crippen LogP contribution in [0.25, 0.3) is 0 Å². The molecule has 0 atom stereocenters. The molecule has 0 saturated carbocycles. The summed E-state index contributed by atoms with van der Waals surface area (Å²) in [5.74, 6) is 1.37. The third-order valence-electron chi connectivity index (χ3n) is 3.25. The molecular formula is C18H19IN2O5. The van der Waals surface area contributed by atoms with Gasteiger partial charge in [-0.2, -0.15) is 0 Å². The molecule has 7 nitrogen and oxygen atoms in total. The minimum absolute atomic E-state index is 0.0255. The average Bonchev–Trinajstić information content (AvgIpc) is 2.62. The van der Waals surface area contributed by atoms with E-state index in [0.29, 0.717) is 30.3 Å². The Bertz CT molecular complexity index is 795. The molecular weight excluding hydrogens is 451 g/mol. The second-order valence-corrected chi connectivity index (χ2v) is 6.29. The third-order valence-corrected chi connectivity index (χ3v) is 4.05. The number of hydrogen-bond donors (Lipinski definition) is 0. The molecule has 0 aliphatic heterocycles. The van der Waals surface area contributed by atoms with Gasteiger partial charge in [0.25, 0.3) is 5.69 Å². The Morgan fingerprint density at radius 1 is 1.19 bits per heavy atom. The fraction of sp³-hybridized carbons (Fsp3) is 0.278. The fourth-order valence-corrected chi connectivity index (χ4v) is 2.96. The molecule has 0 bridgehead atoms. The second kappa shape index (κ2) is 9.95. The molecule has 2 aromatic carbocycles. The van der Waals surface area contributed by atoms with Crippen molar-refractivity contribution >= 4 is 34.5 Å². The maximum Gasteiger partial charge on any atom is 0.269 e. The standard InChI is InChI=1S/C18H19IN2O5/c1-3-24-17-10-14(9-16(19)18(17)25-4-2)11-20-26-12-13-6-5-7-15(8-13)21(22)23/h5-11H,3-4,12H2,1-2H3/b20-11-. The zero-order valence-corrected chi connectivity index (χ0v) is 16.6. The summed E-state index contributed by atoms with van der Waals surface area (Å²) in [6, 6.07) is 10.00. The topological polar surface area (TPSA) is 83.2 Å². The highest BCUT2D eigenvalue weighted by molar-refractivity contribution is 14.1. The van der Waals surface area contributed by atoms with E-state index in [1.807, 2.05) is 26.0 Å². The predicted octanol–water partition coefficient (Wildman–Crippen LogP) is 4.55. The Hall–Kier alpha value is -2.36. The average molecular weight is 470 g/mol. The summed E-state index contributed by atoms with van der Waals surface area (Å²) in [6.45, 7) is 5.05. The lowest BCUT2D eigenvalue weighted by Gasteiger charge is -2.13. The normalized spacial score (nSPS) is 10.7. The van der Waals surface area contributed by atoms with Gasteiger partial charge in [0, 0.05) is 17.7 Å². The summed E-state index contributed by atoms with van der Waals surface area (Å²) >= 11 is 2.18. The molecule has 0 fully saturated rings. The van der Waals surface area contributed by atoms with E-state index in [-0.39, 0.29) is 12.3 Å². The van der Waals surface area contributed by atoms with Crippen LogP contribution in [0, 0.1) is 13.7 Å². The first kappa shape index (κ1) is 20.0. The largest absolute Gasteiger partial charge is 0.490 e. The van der Waals surface area contributed by atoms with Crippen molar-refractivity contribution in [2.45, 2.75) is 20.5 Å². The van der Waals surface area contributed by atoms with Crippen molar-refractivity contribution in [1.29, 1.82) is 0 Å². The number of oxime groups is 1. The zero-order chi connectivity index (χ0) is 18.9. The zero-order valence-electron chi connectivity index (χ0n) is 14.5. The van der Waals surface area contributed by atoms with Crippen LogP contribution in [0.4, 0.5) is 5.69 Å². The second-order valence-electron chi connectivity index (χ2n) is 5.13. The first-order valence-electron chi connectivity index (χ1n) is 8.03. The third kappa shape index (κ3) is 5.58. The number of benzene rings is 2. The Kier molecular flexibility index (Phi) is 7.64. The van der Waals surface area contributed by atoms with Crippen LogP contribution in [0.3, 0.4) is 0 Å². The van der Waals surface area contributed by atoms with Gasteiger partial charge in [0.1, 0.15) is 6.61 Å². The van der Waals surface area contributed by atoms with Gasteiger partial charge in [-0.3, -0.25) is 10.1 Å². The number of ether oxygens (including phenoxy) is 2. The van der Waals surface area contributed by atoms with Crippen LogP contribution >= 0.6 is 22.6 Å². The Morgan fingerprint density at radius 2 is 1.96 bits per heavy atom. The van der Waals surface area contributed by atoms with E-state index < -0.39 is 4.92 Å². The molecule has 0 spiro atoms. The van der Waals surface area contributed by atoms with E-state index in [1.54, 1.807) is 18.3 Å². The summed E-state index contributed by atoms with van der Waals surface area (Å²) < 4.78 is 12.2. The molecule has 0 radical (unpaired) electrons. The summed E-state index contributed by atoms with van der Waals surface area (Å²) in [5, 5.41) is 14.7. The molecule has 138 valence electrons. The smallest absolute Gasteiger partial charge is 0.269 e. The van der Waals surface area contributed by atoms with Crippen LogP contribution in [0.15, 0.2) is 41.6 Å². The summed E-state index contributed by atoms with van der Waals surface area (Å²) in [4.78, 5) is 15.6. The highest BCUT2D eigenvalue weighted by atomic mass is 127. The monoisotopic (exact) mass is 470 g/mol. The van der Waals surface area contributed by atoms with E-state index >= 15 is 0 Å². The molecule has 0 amide bonds. The summed E-state index contributed by atoms with van der Waals surface area (Å²) in [5.41, 5.74) is 1.51. The number of nitrogens with zero attached hydrogens (tertiary/aromatic N) is 2. The van der Waals surface area contributed by atoms with Crippen molar-refractivity contribution in [3.63, 3.8) is 0 Å². The molecule has 26 heavy (non-hydrogen) atoms. The maximum absolute atomic E-state index is 10.8. The van der Waals surface area contributed by atoms with Gasteiger partial charge < -0.3 is 14.3 Å². The van der Waals surface area contributed by atoms with Crippen LogP contribution < -0.4 is 9.47 Å². The van der Waals surface area contributed by atoms with Gasteiger partial charge in [0.15, 0.2) is 11.5 Å². The van der Waals surface area contributed by atoms with E-state index in [0.717, 1.165) is 9.13 Å². The quantitative estimate of drug-likeness (QED) is 0.233. The van der Waals surface area contributed by atoms with Gasteiger partial charge in [-0.15, -0.1) is 0 Å². The summed E-state index contributed by atoms with van der Waals surface area (Å²) in [6.07, 6.45) is 1.57. The van der Waals surface area contributed by atoms with Crippen molar-refractivity contribution in [2.24, 2.45) is 5.16 Å². The fourth-order valence-electron chi connectivity index (χ4n) is 2.18. The lowest BCUT2D eigenvalue weighted by molar-refractivity contribution is -0.384. The van der Waals surface area contributed by atoms with Crippen LogP contribution in [0.5, 0.6) is 11.5 Å². The van der Waals surface area contributed by atoms with Crippen molar-refractivity contribution in [3.05, 3.63) is 61.2 Å². The van der Waals surface area contributed by atoms with Crippen molar-refractivity contribution in [1.82, 2.24) is 0 Å². The van der Waals surface area contributed by atoms with E-state index in [2.05, 4.69) is 27.7 Å². The van der Waals surface area contributed by atoms with Crippen molar-refractivity contribution in [3.8, 4) is 11.5 Å². The molecule has 8 heteroatoms. The van der Waals surface area contributed by atoms with Crippen molar-refractivity contribution < 1.29 is 19.2 Å². The molecule has 0 unspecified atom stereocenters. The van der Waals surface area contributed by atoms with Gasteiger partial charge in [-0.1, -0.05) is 17.3 Å². The number of halogens is 1. The van der Waals surface area contributed by atoms with Crippen LogP contribution in [0.1, 0.15) is 25.0 Å². The van der Waals surface area contributed by atoms with Gasteiger partial charge in [0.2, 0.25) is 0 Å². The molecule has 0 aromatic heterocycles. The highest BCUT2D eigenvalue weighted by Crippen LogP contribution is 2.33. The Labute approximate surface area is 165 Å².